The van der Waals surface area contributed by atoms with Gasteiger partial charge in [-0.2, -0.15) is 5.10 Å². The first-order chi connectivity index (χ1) is 15.3. The predicted octanol–water partition coefficient (Wildman–Crippen LogP) is 2.52. The summed E-state index contributed by atoms with van der Waals surface area (Å²) in [4.78, 5) is 39.2. The van der Waals surface area contributed by atoms with Gasteiger partial charge in [-0.15, -0.1) is 0 Å². The molecule has 2 aromatic rings. The molecule has 0 aliphatic carbocycles. The van der Waals surface area contributed by atoms with Crippen molar-refractivity contribution < 1.29 is 14.4 Å². The van der Waals surface area contributed by atoms with Crippen molar-refractivity contribution in [3.8, 4) is 0 Å². The van der Waals surface area contributed by atoms with E-state index in [0.29, 0.717) is 37.8 Å². The largest absolute Gasteiger partial charge is 0.356 e. The average Bonchev–Trinajstić information content (AvgIpc) is 3.12. The van der Waals surface area contributed by atoms with Crippen LogP contribution in [0, 0.1) is 12.8 Å². The molecule has 2 N–H and O–H groups in total. The van der Waals surface area contributed by atoms with Gasteiger partial charge in [0.2, 0.25) is 5.91 Å². The zero-order chi connectivity index (χ0) is 23.1. The van der Waals surface area contributed by atoms with Crippen LogP contribution in [-0.4, -0.2) is 52.0 Å². The van der Waals surface area contributed by atoms with E-state index in [1.165, 1.54) is 5.56 Å². The Kier molecular flexibility index (Phi) is 8.03. The molecule has 3 amide bonds. The topological polar surface area (TPSA) is 96.3 Å². The molecule has 0 fully saturated rings. The van der Waals surface area contributed by atoms with Gasteiger partial charge in [-0.05, 0) is 31.2 Å². The van der Waals surface area contributed by atoms with Crippen LogP contribution in [0.15, 0.2) is 30.3 Å². The highest BCUT2D eigenvalue weighted by Crippen LogP contribution is 2.17. The molecule has 8 nitrogen and oxygen atoms in total. The van der Waals surface area contributed by atoms with E-state index in [1.54, 1.807) is 15.6 Å². The second-order valence-corrected chi connectivity index (χ2v) is 8.74. The van der Waals surface area contributed by atoms with Gasteiger partial charge >= 0.3 is 0 Å². The minimum Gasteiger partial charge on any atom is -0.356 e. The van der Waals surface area contributed by atoms with Crippen molar-refractivity contribution in [2.24, 2.45) is 5.92 Å². The summed E-state index contributed by atoms with van der Waals surface area (Å²) in [6.07, 6.45) is 1.90. The number of aromatic nitrogens is 2. The molecule has 1 aliphatic heterocycles. The van der Waals surface area contributed by atoms with Crippen molar-refractivity contribution in [2.75, 3.05) is 19.6 Å². The number of fused-ring (bicyclic) bond motifs is 1. The third-order valence-electron chi connectivity index (χ3n) is 5.49. The number of hydrogen-bond donors (Lipinski definition) is 2. The Balaban J connectivity index is 1.55. The van der Waals surface area contributed by atoms with Crippen LogP contribution in [0.1, 0.15) is 65.2 Å². The summed E-state index contributed by atoms with van der Waals surface area (Å²) < 4.78 is 1.62. The highest BCUT2D eigenvalue weighted by atomic mass is 16.2. The molecule has 0 saturated carbocycles. The number of carbonyl (C=O) groups excluding carboxylic acids is 3. The molecule has 0 bridgehead atoms. The number of nitrogens with one attached hydrogen (secondary N) is 2. The van der Waals surface area contributed by atoms with E-state index in [0.717, 1.165) is 18.4 Å². The number of aryl methyl sites for hydroxylation is 2. The van der Waals surface area contributed by atoms with Crippen LogP contribution < -0.4 is 10.6 Å². The monoisotopic (exact) mass is 439 g/mol. The second kappa shape index (κ2) is 10.9. The first-order valence-electron chi connectivity index (χ1n) is 11.3. The Hall–Kier alpha value is -3.16. The molecule has 172 valence electrons. The summed E-state index contributed by atoms with van der Waals surface area (Å²) in [7, 11) is 0. The number of amides is 3. The minimum atomic E-state index is -0.376. The Morgan fingerprint density at radius 1 is 1.09 bits per heavy atom. The first-order valence-corrected chi connectivity index (χ1v) is 11.3. The zero-order valence-corrected chi connectivity index (χ0v) is 19.2. The van der Waals surface area contributed by atoms with Crippen LogP contribution in [0.2, 0.25) is 0 Å². The summed E-state index contributed by atoms with van der Waals surface area (Å²) in [5, 5.41) is 9.91. The zero-order valence-electron chi connectivity index (χ0n) is 19.2. The van der Waals surface area contributed by atoms with Gasteiger partial charge in [-0.25, -0.2) is 0 Å². The molecule has 0 spiro atoms. The van der Waals surface area contributed by atoms with Gasteiger partial charge in [0.05, 0.1) is 0 Å². The van der Waals surface area contributed by atoms with E-state index in [9.17, 15) is 14.4 Å². The van der Waals surface area contributed by atoms with Gasteiger partial charge in [0.25, 0.3) is 11.8 Å². The van der Waals surface area contributed by atoms with E-state index in [4.69, 9.17) is 0 Å². The normalized spacial score (nSPS) is 13.6. The summed E-state index contributed by atoms with van der Waals surface area (Å²) in [6, 6.07) is 9.68. The van der Waals surface area contributed by atoms with Crippen LogP contribution in [-0.2, 0) is 17.9 Å². The number of carbonyl (C=O) groups is 3. The summed E-state index contributed by atoms with van der Waals surface area (Å²) in [6.45, 7) is 8.85. The van der Waals surface area contributed by atoms with Crippen molar-refractivity contribution in [3.05, 3.63) is 52.8 Å². The smallest absolute Gasteiger partial charge is 0.272 e. The minimum absolute atomic E-state index is 0.0894. The lowest BCUT2D eigenvalue weighted by Crippen LogP contribution is -2.32. The average molecular weight is 440 g/mol. The molecule has 1 aromatic heterocycles. The molecule has 2 heterocycles. The van der Waals surface area contributed by atoms with Crippen molar-refractivity contribution in [3.63, 3.8) is 0 Å². The summed E-state index contributed by atoms with van der Waals surface area (Å²) >= 11 is 0. The van der Waals surface area contributed by atoms with E-state index >= 15 is 0 Å². The molecule has 0 unspecified atom stereocenters. The molecule has 1 aliphatic rings. The molecule has 8 heteroatoms. The van der Waals surface area contributed by atoms with Gasteiger partial charge in [-0.1, -0.05) is 43.7 Å². The summed E-state index contributed by atoms with van der Waals surface area (Å²) in [5.74, 6) is -0.0623. The van der Waals surface area contributed by atoms with Crippen molar-refractivity contribution >= 4 is 17.7 Å². The van der Waals surface area contributed by atoms with Crippen LogP contribution in [0.5, 0.6) is 0 Å². The van der Waals surface area contributed by atoms with Gasteiger partial charge in [0, 0.05) is 45.2 Å². The number of nitrogens with zero attached hydrogens (tertiary/aromatic N) is 3. The fourth-order valence-corrected chi connectivity index (χ4v) is 3.58. The SMILES string of the molecule is Cc1ccc(CN2CCCn3nc(C(=O)NCCC(=O)NCCC(C)C)cc3C2=O)cc1. The van der Waals surface area contributed by atoms with Crippen molar-refractivity contribution in [2.45, 2.75) is 53.1 Å². The van der Waals surface area contributed by atoms with E-state index in [-0.39, 0.29) is 36.4 Å². The fraction of sp³-hybridized carbons (Fsp3) is 0.500. The van der Waals surface area contributed by atoms with E-state index in [1.807, 2.05) is 31.2 Å². The number of benzene rings is 1. The maximum atomic E-state index is 13.1. The lowest BCUT2D eigenvalue weighted by Gasteiger charge is -2.20. The summed E-state index contributed by atoms with van der Waals surface area (Å²) in [5.41, 5.74) is 2.87. The Morgan fingerprint density at radius 2 is 1.84 bits per heavy atom. The maximum Gasteiger partial charge on any atom is 0.272 e. The number of rotatable bonds is 9. The standard InChI is InChI=1S/C24H33N5O3/c1-17(2)9-11-25-22(30)10-12-26-23(31)20-15-21-24(32)28(13-4-14-29(21)27-20)16-19-7-5-18(3)6-8-19/h5-8,15,17H,4,9-14,16H2,1-3H3,(H,25,30)(H,26,31). The van der Waals surface area contributed by atoms with Crippen LogP contribution in [0.4, 0.5) is 0 Å². The quantitative estimate of drug-likeness (QED) is 0.628. The first kappa shape index (κ1) is 23.5. The van der Waals surface area contributed by atoms with Crippen LogP contribution in [0.3, 0.4) is 0 Å². The highest BCUT2D eigenvalue weighted by Gasteiger charge is 2.26. The third kappa shape index (κ3) is 6.42. The molecule has 0 saturated heterocycles. The number of hydrogen-bond acceptors (Lipinski definition) is 4. The van der Waals surface area contributed by atoms with Gasteiger partial charge < -0.3 is 15.5 Å². The molecule has 0 radical (unpaired) electrons. The highest BCUT2D eigenvalue weighted by molar-refractivity contribution is 5.98. The third-order valence-corrected chi connectivity index (χ3v) is 5.49. The Labute approximate surface area is 189 Å². The molecular weight excluding hydrogens is 406 g/mol. The van der Waals surface area contributed by atoms with E-state index in [2.05, 4.69) is 29.6 Å². The lowest BCUT2D eigenvalue weighted by atomic mass is 10.1. The Morgan fingerprint density at radius 3 is 2.56 bits per heavy atom. The molecule has 0 atom stereocenters. The van der Waals surface area contributed by atoms with Gasteiger partial charge in [0.15, 0.2) is 5.69 Å². The van der Waals surface area contributed by atoms with Gasteiger partial charge in [-0.3, -0.25) is 19.1 Å². The van der Waals surface area contributed by atoms with Crippen LogP contribution >= 0.6 is 0 Å². The van der Waals surface area contributed by atoms with Crippen LogP contribution in [0.25, 0.3) is 0 Å². The molecular formula is C24H33N5O3. The lowest BCUT2D eigenvalue weighted by molar-refractivity contribution is -0.120. The molecule has 1 aromatic carbocycles. The Bertz CT molecular complexity index is 949. The fourth-order valence-electron chi connectivity index (χ4n) is 3.58. The molecule has 32 heavy (non-hydrogen) atoms. The maximum absolute atomic E-state index is 13.1. The van der Waals surface area contributed by atoms with E-state index < -0.39 is 0 Å². The molecule has 3 rings (SSSR count). The van der Waals surface area contributed by atoms with Crippen molar-refractivity contribution in [1.29, 1.82) is 0 Å². The second-order valence-electron chi connectivity index (χ2n) is 8.74. The van der Waals surface area contributed by atoms with Crippen molar-refractivity contribution in [1.82, 2.24) is 25.3 Å². The van der Waals surface area contributed by atoms with Gasteiger partial charge in [0.1, 0.15) is 5.69 Å². The predicted molar refractivity (Wildman–Crippen MR) is 122 cm³/mol.